The van der Waals surface area contributed by atoms with Gasteiger partial charge in [0.25, 0.3) is 5.56 Å². The fraction of sp³-hybridized carbons (Fsp3) is 0.600. The van der Waals surface area contributed by atoms with Crippen LogP contribution in [-0.2, 0) is 0 Å². The van der Waals surface area contributed by atoms with Gasteiger partial charge in [0.15, 0.2) is 0 Å². The van der Waals surface area contributed by atoms with E-state index in [4.69, 9.17) is 5.11 Å². The predicted octanol–water partition coefficient (Wildman–Crippen LogP) is -0.862. The summed E-state index contributed by atoms with van der Waals surface area (Å²) in [6, 6.07) is 0. The van der Waals surface area contributed by atoms with E-state index in [1.165, 1.54) is 11.8 Å². The van der Waals surface area contributed by atoms with Crippen molar-refractivity contribution in [1.82, 2.24) is 9.55 Å². The molecular weight excluding hydrogens is 263 g/mol. The Morgan fingerprint density at radius 1 is 1.44 bits per heavy atom. The molecule has 1 fully saturated rings. The van der Waals surface area contributed by atoms with Crippen molar-refractivity contribution < 1.29 is 14.6 Å². The number of rotatable bonds is 3. The molecule has 0 unspecified atom stereocenters. The minimum Gasteiger partial charge on any atom is -0.396 e. The summed E-state index contributed by atoms with van der Waals surface area (Å²) in [6.07, 6.45) is 0.848. The van der Waals surface area contributed by atoms with Gasteiger partial charge in [0, 0.05) is 24.9 Å². The highest BCUT2D eigenvalue weighted by atomic mass is 32.2. The zero-order chi connectivity index (χ0) is 13.3. The summed E-state index contributed by atoms with van der Waals surface area (Å²) in [5, 5.41) is 18.0. The van der Waals surface area contributed by atoms with Crippen molar-refractivity contribution in [2.24, 2.45) is 11.8 Å². The Hall–Kier alpha value is -1.12. The summed E-state index contributed by atoms with van der Waals surface area (Å²) in [7, 11) is 0. The Morgan fingerprint density at radius 2 is 2.17 bits per heavy atom. The second-order valence-electron chi connectivity index (χ2n) is 4.16. The smallest absolute Gasteiger partial charge is 0.329 e. The van der Waals surface area contributed by atoms with Crippen molar-refractivity contribution in [2.75, 3.05) is 19.0 Å². The molecule has 2 heterocycles. The van der Waals surface area contributed by atoms with E-state index in [1.807, 2.05) is 4.98 Å². The fourth-order valence-electron chi connectivity index (χ4n) is 2.07. The average Bonchev–Trinajstić information content (AvgIpc) is 2.76. The van der Waals surface area contributed by atoms with E-state index in [-0.39, 0.29) is 25.0 Å². The van der Waals surface area contributed by atoms with E-state index in [9.17, 15) is 19.1 Å². The van der Waals surface area contributed by atoms with Crippen LogP contribution in [0.2, 0.25) is 0 Å². The van der Waals surface area contributed by atoms with Crippen LogP contribution in [0.4, 0.5) is 4.39 Å². The van der Waals surface area contributed by atoms with Gasteiger partial charge in [-0.2, -0.15) is 4.39 Å². The number of aliphatic hydroxyl groups is 2. The number of halogens is 1. The Kier molecular flexibility index (Phi) is 3.88. The van der Waals surface area contributed by atoms with Crippen molar-refractivity contribution in [3.63, 3.8) is 0 Å². The fourth-order valence-corrected chi connectivity index (χ4v) is 3.74. The van der Waals surface area contributed by atoms with Gasteiger partial charge in [0.05, 0.1) is 11.6 Å². The summed E-state index contributed by atoms with van der Waals surface area (Å²) in [6.45, 7) is -0.314. The van der Waals surface area contributed by atoms with E-state index in [1.54, 1.807) is 0 Å². The third-order valence-electron chi connectivity index (χ3n) is 3.10. The Labute approximate surface area is 105 Å². The number of hydrogen-bond donors (Lipinski definition) is 3. The lowest BCUT2D eigenvalue weighted by atomic mass is 9.95. The number of nitrogens with zero attached hydrogens (tertiary/aromatic N) is 1. The molecule has 2 rings (SSSR count). The van der Waals surface area contributed by atoms with Crippen LogP contribution in [-0.4, -0.2) is 38.7 Å². The summed E-state index contributed by atoms with van der Waals surface area (Å²) in [5.74, 6) is -0.964. The second-order valence-corrected chi connectivity index (χ2v) is 5.31. The highest BCUT2D eigenvalue weighted by Gasteiger charge is 2.37. The number of nitrogens with one attached hydrogen (secondary N) is 1. The topological polar surface area (TPSA) is 95.3 Å². The van der Waals surface area contributed by atoms with Crippen molar-refractivity contribution in [2.45, 2.75) is 5.37 Å². The van der Waals surface area contributed by atoms with E-state index in [0.29, 0.717) is 5.75 Å². The van der Waals surface area contributed by atoms with Gasteiger partial charge >= 0.3 is 5.69 Å². The molecule has 8 heteroatoms. The Bertz CT molecular complexity index is 543. The molecule has 1 aliphatic heterocycles. The van der Waals surface area contributed by atoms with Gasteiger partial charge in [-0.3, -0.25) is 14.3 Å². The van der Waals surface area contributed by atoms with Crippen LogP contribution < -0.4 is 11.2 Å². The maximum Gasteiger partial charge on any atom is 0.329 e. The number of thioether (sulfide) groups is 1. The standard InChI is InChI=1S/C10H13FN2O4S/c11-7-1-13(10(17)12-8(7)16)9-6(3-15)5(2-14)4-18-9/h1,5-6,9,14-15H,2-4H2,(H,12,16,17)/t5-,6-,9+/m0/s1. The van der Waals surface area contributed by atoms with Gasteiger partial charge in [-0.05, 0) is 5.92 Å². The highest BCUT2D eigenvalue weighted by molar-refractivity contribution is 7.99. The Morgan fingerprint density at radius 3 is 2.78 bits per heavy atom. The largest absolute Gasteiger partial charge is 0.396 e. The number of hydrogen-bond acceptors (Lipinski definition) is 5. The summed E-state index contributed by atoms with van der Waals surface area (Å²) in [4.78, 5) is 24.4. The van der Waals surface area contributed by atoms with Crippen molar-refractivity contribution in [3.05, 3.63) is 32.9 Å². The SMILES string of the molecule is O=c1[nH]c(=O)n([C@@H]2SC[C@H](CO)[C@@H]2CO)cc1F. The lowest BCUT2D eigenvalue weighted by Crippen LogP contribution is -2.36. The van der Waals surface area contributed by atoms with Crippen LogP contribution in [0.3, 0.4) is 0 Å². The molecule has 100 valence electrons. The third-order valence-corrected chi connectivity index (χ3v) is 4.64. The van der Waals surface area contributed by atoms with Gasteiger partial charge in [0.2, 0.25) is 5.82 Å². The predicted molar refractivity (Wildman–Crippen MR) is 63.9 cm³/mol. The molecule has 0 amide bonds. The van der Waals surface area contributed by atoms with Crippen LogP contribution in [0.15, 0.2) is 15.8 Å². The van der Waals surface area contributed by atoms with Crippen molar-refractivity contribution in [3.8, 4) is 0 Å². The Balaban J connectivity index is 2.40. The quantitative estimate of drug-likeness (QED) is 0.667. The molecule has 0 saturated carbocycles. The van der Waals surface area contributed by atoms with Crippen LogP contribution in [0.5, 0.6) is 0 Å². The van der Waals surface area contributed by atoms with Gasteiger partial charge < -0.3 is 10.2 Å². The monoisotopic (exact) mass is 276 g/mol. The minimum absolute atomic E-state index is 0.102. The lowest BCUT2D eigenvalue weighted by molar-refractivity contribution is 0.126. The number of aliphatic hydroxyl groups excluding tert-OH is 2. The molecule has 1 aromatic rings. The summed E-state index contributed by atoms with van der Waals surface area (Å²) in [5.41, 5.74) is -1.77. The average molecular weight is 276 g/mol. The van der Waals surface area contributed by atoms with Gasteiger partial charge in [-0.1, -0.05) is 0 Å². The molecule has 1 aliphatic rings. The van der Waals surface area contributed by atoms with Crippen LogP contribution in [0.1, 0.15) is 5.37 Å². The molecular formula is C10H13FN2O4S. The van der Waals surface area contributed by atoms with E-state index in [2.05, 4.69) is 0 Å². The zero-order valence-electron chi connectivity index (χ0n) is 9.38. The maximum atomic E-state index is 13.2. The molecule has 0 bridgehead atoms. The molecule has 1 saturated heterocycles. The maximum absolute atomic E-state index is 13.2. The van der Waals surface area contributed by atoms with Crippen LogP contribution >= 0.6 is 11.8 Å². The molecule has 0 radical (unpaired) electrons. The molecule has 3 N–H and O–H groups in total. The first-order valence-corrected chi connectivity index (χ1v) is 6.47. The normalized spacial score (nSPS) is 27.6. The lowest BCUT2D eigenvalue weighted by Gasteiger charge is -2.21. The molecule has 0 aromatic carbocycles. The highest BCUT2D eigenvalue weighted by Crippen LogP contribution is 2.43. The molecule has 0 aliphatic carbocycles. The molecule has 0 spiro atoms. The first-order chi connectivity index (χ1) is 8.58. The molecule has 1 aromatic heterocycles. The van der Waals surface area contributed by atoms with E-state index < -0.39 is 22.4 Å². The second kappa shape index (κ2) is 5.25. The van der Waals surface area contributed by atoms with Gasteiger partial charge in [0.1, 0.15) is 0 Å². The summed E-state index contributed by atoms with van der Waals surface area (Å²) < 4.78 is 14.3. The van der Waals surface area contributed by atoms with Crippen molar-refractivity contribution in [1.29, 1.82) is 0 Å². The number of H-pyrrole nitrogens is 1. The molecule has 18 heavy (non-hydrogen) atoms. The third kappa shape index (κ3) is 2.23. The first-order valence-electron chi connectivity index (χ1n) is 5.42. The zero-order valence-corrected chi connectivity index (χ0v) is 10.2. The van der Waals surface area contributed by atoms with Gasteiger partial charge in [-0.25, -0.2) is 4.79 Å². The minimum atomic E-state index is -1.06. The first kappa shape index (κ1) is 13.3. The summed E-state index contributed by atoms with van der Waals surface area (Å²) >= 11 is 1.34. The number of aromatic amines is 1. The van der Waals surface area contributed by atoms with Crippen LogP contribution in [0.25, 0.3) is 0 Å². The number of aromatic nitrogens is 2. The van der Waals surface area contributed by atoms with E-state index >= 15 is 0 Å². The van der Waals surface area contributed by atoms with Gasteiger partial charge in [-0.15, -0.1) is 11.8 Å². The van der Waals surface area contributed by atoms with E-state index in [0.717, 1.165) is 10.8 Å². The molecule has 6 nitrogen and oxygen atoms in total. The molecule has 3 atom stereocenters. The van der Waals surface area contributed by atoms with Crippen LogP contribution in [0, 0.1) is 17.7 Å². The van der Waals surface area contributed by atoms with Crippen molar-refractivity contribution >= 4 is 11.8 Å².